The fourth-order valence-electron chi connectivity index (χ4n) is 2.19. The van der Waals surface area contributed by atoms with Gasteiger partial charge in [-0.15, -0.1) is 0 Å². The highest BCUT2D eigenvalue weighted by Crippen LogP contribution is 2.17. The standard InChI is InChI=1S/C18H21NO4/c1-11(2)14-5-7-15(8-6-14)19-17(20)10-22-18(21)16-9-12(3)23-13(16)4/h5-9,11H,10H2,1-4H3,(H,19,20). The van der Waals surface area contributed by atoms with Crippen molar-refractivity contribution in [2.24, 2.45) is 0 Å². The fraction of sp³-hybridized carbons (Fsp3) is 0.333. The molecule has 1 heterocycles. The minimum absolute atomic E-state index is 0.339. The SMILES string of the molecule is Cc1cc(C(=O)OCC(=O)Nc2ccc(C(C)C)cc2)c(C)o1. The molecule has 0 aliphatic heterocycles. The van der Waals surface area contributed by atoms with Crippen molar-refractivity contribution >= 4 is 17.6 Å². The predicted molar refractivity (Wildman–Crippen MR) is 87.6 cm³/mol. The minimum atomic E-state index is -0.565. The molecule has 1 amide bonds. The molecule has 0 saturated carbocycles. The Morgan fingerprint density at radius 2 is 1.83 bits per heavy atom. The molecule has 1 aromatic carbocycles. The Hall–Kier alpha value is -2.56. The highest BCUT2D eigenvalue weighted by molar-refractivity contribution is 5.95. The molecule has 23 heavy (non-hydrogen) atoms. The van der Waals surface area contributed by atoms with Crippen LogP contribution in [-0.4, -0.2) is 18.5 Å². The van der Waals surface area contributed by atoms with E-state index in [9.17, 15) is 9.59 Å². The molecule has 0 bridgehead atoms. The third kappa shape index (κ3) is 4.45. The van der Waals surface area contributed by atoms with Gasteiger partial charge in [0.05, 0.1) is 0 Å². The Morgan fingerprint density at radius 1 is 1.17 bits per heavy atom. The van der Waals surface area contributed by atoms with Crippen molar-refractivity contribution in [3.05, 3.63) is 53.0 Å². The first kappa shape index (κ1) is 16.8. The van der Waals surface area contributed by atoms with Crippen LogP contribution in [0.2, 0.25) is 0 Å². The monoisotopic (exact) mass is 315 g/mol. The lowest BCUT2D eigenvalue weighted by atomic mass is 10.0. The van der Waals surface area contributed by atoms with Gasteiger partial charge in [-0.1, -0.05) is 26.0 Å². The quantitative estimate of drug-likeness (QED) is 0.852. The van der Waals surface area contributed by atoms with Crippen LogP contribution in [0.4, 0.5) is 5.69 Å². The van der Waals surface area contributed by atoms with E-state index in [-0.39, 0.29) is 12.5 Å². The Bertz CT molecular complexity index is 698. The highest BCUT2D eigenvalue weighted by atomic mass is 16.5. The molecule has 5 nitrogen and oxygen atoms in total. The lowest BCUT2D eigenvalue weighted by Crippen LogP contribution is -2.21. The van der Waals surface area contributed by atoms with Gasteiger partial charge in [0.15, 0.2) is 6.61 Å². The summed E-state index contributed by atoms with van der Waals surface area (Å²) >= 11 is 0. The number of carbonyl (C=O) groups excluding carboxylic acids is 2. The van der Waals surface area contributed by atoms with E-state index in [0.29, 0.717) is 28.7 Å². The maximum atomic E-state index is 11.9. The normalized spacial score (nSPS) is 10.7. The second-order valence-electron chi connectivity index (χ2n) is 5.73. The number of carbonyl (C=O) groups is 2. The van der Waals surface area contributed by atoms with Crippen LogP contribution >= 0.6 is 0 Å². The van der Waals surface area contributed by atoms with Gasteiger partial charge in [0.1, 0.15) is 17.1 Å². The molecule has 5 heteroatoms. The number of furan rings is 1. The molecular formula is C18H21NO4. The summed E-state index contributed by atoms with van der Waals surface area (Å²) in [6.07, 6.45) is 0. The van der Waals surface area contributed by atoms with E-state index in [2.05, 4.69) is 19.2 Å². The molecule has 0 atom stereocenters. The molecule has 0 fully saturated rings. The third-order valence-electron chi connectivity index (χ3n) is 3.46. The number of ether oxygens (including phenoxy) is 1. The number of esters is 1. The van der Waals surface area contributed by atoms with Crippen LogP contribution in [0.3, 0.4) is 0 Å². The van der Waals surface area contributed by atoms with Gasteiger partial charge in [0, 0.05) is 5.69 Å². The lowest BCUT2D eigenvalue weighted by Gasteiger charge is -2.08. The van der Waals surface area contributed by atoms with Crippen molar-refractivity contribution in [3.63, 3.8) is 0 Å². The number of nitrogens with one attached hydrogen (secondary N) is 1. The Balaban J connectivity index is 1.87. The zero-order chi connectivity index (χ0) is 17.0. The highest BCUT2D eigenvalue weighted by Gasteiger charge is 2.16. The number of aryl methyl sites for hydroxylation is 2. The molecule has 1 N–H and O–H groups in total. The van der Waals surface area contributed by atoms with E-state index in [0.717, 1.165) is 0 Å². The summed E-state index contributed by atoms with van der Waals surface area (Å²) in [5.41, 5.74) is 2.21. The summed E-state index contributed by atoms with van der Waals surface area (Å²) < 4.78 is 10.3. The topological polar surface area (TPSA) is 68.5 Å². The molecule has 122 valence electrons. The van der Waals surface area contributed by atoms with E-state index >= 15 is 0 Å². The van der Waals surface area contributed by atoms with Crippen LogP contribution in [0.25, 0.3) is 0 Å². The Kier molecular flexibility index (Phi) is 5.21. The maximum Gasteiger partial charge on any atom is 0.342 e. The smallest absolute Gasteiger partial charge is 0.342 e. The summed E-state index contributed by atoms with van der Waals surface area (Å²) in [5.74, 6) is 0.599. The van der Waals surface area contributed by atoms with Crippen LogP contribution in [0.5, 0.6) is 0 Å². The van der Waals surface area contributed by atoms with Crippen LogP contribution in [0, 0.1) is 13.8 Å². The summed E-state index contributed by atoms with van der Waals surface area (Å²) in [4.78, 5) is 23.7. The first-order valence-corrected chi connectivity index (χ1v) is 7.50. The molecule has 0 aliphatic carbocycles. The average molecular weight is 315 g/mol. The predicted octanol–water partition coefficient (Wildman–Crippen LogP) is 3.82. The summed E-state index contributed by atoms with van der Waals surface area (Å²) in [6.45, 7) is 7.30. The number of rotatable bonds is 5. The summed E-state index contributed by atoms with van der Waals surface area (Å²) in [5, 5.41) is 2.70. The molecule has 1 aromatic heterocycles. The zero-order valence-corrected chi connectivity index (χ0v) is 13.8. The van der Waals surface area contributed by atoms with E-state index in [4.69, 9.17) is 9.15 Å². The average Bonchev–Trinajstić information content (AvgIpc) is 2.84. The second kappa shape index (κ2) is 7.13. The van der Waals surface area contributed by atoms with Crippen LogP contribution in [-0.2, 0) is 9.53 Å². The van der Waals surface area contributed by atoms with Crippen molar-refractivity contribution < 1.29 is 18.7 Å². The number of amides is 1. The van der Waals surface area contributed by atoms with Crippen molar-refractivity contribution in [2.45, 2.75) is 33.6 Å². The second-order valence-corrected chi connectivity index (χ2v) is 5.73. The fourth-order valence-corrected chi connectivity index (χ4v) is 2.19. The van der Waals surface area contributed by atoms with Gasteiger partial charge in [0.2, 0.25) is 0 Å². The van der Waals surface area contributed by atoms with Crippen LogP contribution < -0.4 is 5.32 Å². The number of hydrogen-bond donors (Lipinski definition) is 1. The minimum Gasteiger partial charge on any atom is -0.466 e. The molecule has 2 aromatic rings. The molecule has 0 radical (unpaired) electrons. The van der Waals surface area contributed by atoms with Crippen molar-refractivity contribution in [1.29, 1.82) is 0 Å². The first-order valence-electron chi connectivity index (χ1n) is 7.50. The molecular weight excluding hydrogens is 294 g/mol. The van der Waals surface area contributed by atoms with Gasteiger partial charge >= 0.3 is 5.97 Å². The Labute approximate surface area is 135 Å². The summed E-state index contributed by atoms with van der Waals surface area (Å²) in [7, 11) is 0. The molecule has 0 unspecified atom stereocenters. The number of hydrogen-bond acceptors (Lipinski definition) is 4. The van der Waals surface area contributed by atoms with Gasteiger partial charge < -0.3 is 14.5 Å². The third-order valence-corrected chi connectivity index (χ3v) is 3.46. The van der Waals surface area contributed by atoms with Gasteiger partial charge in [-0.05, 0) is 43.5 Å². The van der Waals surface area contributed by atoms with Crippen molar-refractivity contribution in [3.8, 4) is 0 Å². The molecule has 0 saturated heterocycles. The van der Waals surface area contributed by atoms with Gasteiger partial charge in [-0.3, -0.25) is 4.79 Å². The van der Waals surface area contributed by atoms with E-state index in [1.165, 1.54) is 5.56 Å². The van der Waals surface area contributed by atoms with E-state index < -0.39 is 5.97 Å². The van der Waals surface area contributed by atoms with Gasteiger partial charge in [-0.25, -0.2) is 4.79 Å². The molecule has 0 spiro atoms. The van der Waals surface area contributed by atoms with E-state index in [1.807, 2.05) is 24.3 Å². The van der Waals surface area contributed by atoms with Crippen LogP contribution in [0.15, 0.2) is 34.7 Å². The Morgan fingerprint density at radius 3 is 2.35 bits per heavy atom. The maximum absolute atomic E-state index is 11.9. The number of benzene rings is 1. The first-order chi connectivity index (χ1) is 10.9. The molecule has 2 rings (SSSR count). The van der Waals surface area contributed by atoms with Gasteiger partial charge in [-0.2, -0.15) is 0 Å². The van der Waals surface area contributed by atoms with Crippen molar-refractivity contribution in [2.75, 3.05) is 11.9 Å². The summed E-state index contributed by atoms with van der Waals surface area (Å²) in [6, 6.07) is 9.19. The van der Waals surface area contributed by atoms with Gasteiger partial charge in [0.25, 0.3) is 5.91 Å². The zero-order valence-electron chi connectivity index (χ0n) is 13.8. The van der Waals surface area contributed by atoms with Crippen molar-refractivity contribution in [1.82, 2.24) is 0 Å². The largest absolute Gasteiger partial charge is 0.466 e. The van der Waals surface area contributed by atoms with E-state index in [1.54, 1.807) is 19.9 Å². The molecule has 0 aliphatic rings. The lowest BCUT2D eigenvalue weighted by molar-refractivity contribution is -0.119. The van der Waals surface area contributed by atoms with Crippen LogP contribution in [0.1, 0.15) is 47.2 Å². The number of anilines is 1.